The first-order valence-electron chi connectivity index (χ1n) is 5.91. The second-order valence-corrected chi connectivity index (χ2v) is 4.00. The summed E-state index contributed by atoms with van der Waals surface area (Å²) in [6.07, 6.45) is 1.81. The summed E-state index contributed by atoms with van der Waals surface area (Å²) in [4.78, 5) is 18.3. The molecule has 2 aromatic rings. The lowest BCUT2D eigenvalue weighted by atomic mass is 10.3. The fourth-order valence-corrected chi connectivity index (χ4v) is 1.92. The number of rotatable bonds is 3. The van der Waals surface area contributed by atoms with E-state index in [4.69, 9.17) is 0 Å². The van der Waals surface area contributed by atoms with Gasteiger partial charge in [-0.3, -0.25) is 4.79 Å². The van der Waals surface area contributed by atoms with E-state index in [1.165, 1.54) is 0 Å². The van der Waals surface area contributed by atoms with Gasteiger partial charge in [-0.25, -0.2) is 4.98 Å². The minimum absolute atomic E-state index is 0.00176. The number of hydrogen-bond acceptors (Lipinski definition) is 2. The fraction of sp³-hybridized carbons (Fsp3) is 0.385. The number of carbonyl (C=O) groups is 1. The van der Waals surface area contributed by atoms with E-state index in [2.05, 4.69) is 4.98 Å². The standard InChI is InChI=1S/C13H17N3O/c1-4-15(5-2)13(17)11-9-16-10(3)7-6-8-12(16)14-11/h6-9H,4-5H2,1-3H3. The van der Waals surface area contributed by atoms with E-state index in [1.54, 1.807) is 4.90 Å². The molecule has 0 radical (unpaired) electrons. The molecule has 0 atom stereocenters. The van der Waals surface area contributed by atoms with E-state index in [0.29, 0.717) is 18.8 Å². The van der Waals surface area contributed by atoms with Crippen molar-refractivity contribution in [1.29, 1.82) is 0 Å². The monoisotopic (exact) mass is 231 g/mol. The third kappa shape index (κ3) is 2.02. The van der Waals surface area contributed by atoms with Crippen molar-refractivity contribution < 1.29 is 4.79 Å². The second kappa shape index (κ2) is 4.57. The first-order chi connectivity index (χ1) is 8.17. The summed E-state index contributed by atoms with van der Waals surface area (Å²) >= 11 is 0. The fourth-order valence-electron chi connectivity index (χ4n) is 1.92. The Morgan fingerprint density at radius 1 is 1.35 bits per heavy atom. The van der Waals surface area contributed by atoms with Crippen LogP contribution in [0.25, 0.3) is 5.65 Å². The number of amides is 1. The predicted octanol–water partition coefficient (Wildman–Crippen LogP) is 2.12. The highest BCUT2D eigenvalue weighted by atomic mass is 16.2. The van der Waals surface area contributed by atoms with Crippen molar-refractivity contribution in [3.8, 4) is 0 Å². The summed E-state index contributed by atoms with van der Waals surface area (Å²) in [5.74, 6) is -0.00176. The molecule has 0 spiro atoms. The number of aromatic nitrogens is 2. The Bertz CT molecular complexity index is 541. The maximum atomic E-state index is 12.1. The van der Waals surface area contributed by atoms with Crippen molar-refractivity contribution in [3.63, 3.8) is 0 Å². The normalized spacial score (nSPS) is 10.8. The van der Waals surface area contributed by atoms with Crippen LogP contribution in [-0.2, 0) is 0 Å². The minimum Gasteiger partial charge on any atom is -0.338 e. The Morgan fingerprint density at radius 2 is 2.06 bits per heavy atom. The van der Waals surface area contributed by atoms with Gasteiger partial charge in [0.15, 0.2) is 0 Å². The highest BCUT2D eigenvalue weighted by molar-refractivity contribution is 5.92. The molecule has 17 heavy (non-hydrogen) atoms. The Morgan fingerprint density at radius 3 is 2.65 bits per heavy atom. The van der Waals surface area contributed by atoms with Gasteiger partial charge >= 0.3 is 0 Å². The van der Waals surface area contributed by atoms with Crippen molar-refractivity contribution in [2.75, 3.05) is 13.1 Å². The van der Waals surface area contributed by atoms with Crippen molar-refractivity contribution in [3.05, 3.63) is 35.8 Å². The molecule has 0 aliphatic rings. The third-order valence-electron chi connectivity index (χ3n) is 2.97. The molecular weight excluding hydrogens is 214 g/mol. The molecule has 0 saturated carbocycles. The average molecular weight is 231 g/mol. The molecule has 90 valence electrons. The molecule has 1 amide bonds. The van der Waals surface area contributed by atoms with E-state index in [0.717, 1.165) is 11.3 Å². The van der Waals surface area contributed by atoms with Gasteiger partial charge in [0.05, 0.1) is 0 Å². The van der Waals surface area contributed by atoms with E-state index < -0.39 is 0 Å². The topological polar surface area (TPSA) is 37.6 Å². The van der Waals surface area contributed by atoms with Crippen LogP contribution in [0.5, 0.6) is 0 Å². The summed E-state index contributed by atoms with van der Waals surface area (Å²) in [6.45, 7) is 7.37. The van der Waals surface area contributed by atoms with Crippen molar-refractivity contribution in [2.24, 2.45) is 0 Å². The van der Waals surface area contributed by atoms with Gasteiger partial charge in [0.1, 0.15) is 11.3 Å². The average Bonchev–Trinajstić information content (AvgIpc) is 2.76. The second-order valence-electron chi connectivity index (χ2n) is 4.00. The number of aryl methyl sites for hydroxylation is 1. The van der Waals surface area contributed by atoms with Gasteiger partial charge in [-0.15, -0.1) is 0 Å². The number of imidazole rings is 1. The molecule has 2 aromatic heterocycles. The summed E-state index contributed by atoms with van der Waals surface area (Å²) in [6, 6.07) is 5.86. The lowest BCUT2D eigenvalue weighted by Gasteiger charge is -2.16. The predicted molar refractivity (Wildman–Crippen MR) is 67.2 cm³/mol. The molecule has 0 saturated heterocycles. The molecule has 0 aromatic carbocycles. The van der Waals surface area contributed by atoms with Gasteiger partial charge in [-0.1, -0.05) is 6.07 Å². The van der Waals surface area contributed by atoms with Crippen LogP contribution in [0.2, 0.25) is 0 Å². The van der Waals surface area contributed by atoms with E-state index in [1.807, 2.05) is 49.6 Å². The molecule has 0 aliphatic carbocycles. The van der Waals surface area contributed by atoms with Gasteiger partial charge in [0.25, 0.3) is 5.91 Å². The Kier molecular flexibility index (Phi) is 3.13. The number of carbonyl (C=O) groups excluding carboxylic acids is 1. The molecule has 2 heterocycles. The summed E-state index contributed by atoms with van der Waals surface area (Å²) in [7, 11) is 0. The zero-order chi connectivity index (χ0) is 12.4. The largest absolute Gasteiger partial charge is 0.338 e. The number of nitrogens with zero attached hydrogens (tertiary/aromatic N) is 3. The van der Waals surface area contributed by atoms with Crippen LogP contribution >= 0.6 is 0 Å². The summed E-state index contributed by atoms with van der Waals surface area (Å²) in [5, 5.41) is 0. The summed E-state index contributed by atoms with van der Waals surface area (Å²) in [5.41, 5.74) is 2.41. The van der Waals surface area contributed by atoms with E-state index >= 15 is 0 Å². The van der Waals surface area contributed by atoms with E-state index in [9.17, 15) is 4.79 Å². The maximum Gasteiger partial charge on any atom is 0.274 e. The molecule has 0 aliphatic heterocycles. The van der Waals surface area contributed by atoms with Gasteiger partial charge in [-0.05, 0) is 32.9 Å². The number of fused-ring (bicyclic) bond motifs is 1. The van der Waals surface area contributed by atoms with Gasteiger partial charge in [0, 0.05) is 25.0 Å². The van der Waals surface area contributed by atoms with Crippen LogP contribution in [-0.4, -0.2) is 33.3 Å². The Labute approximate surface area is 101 Å². The Hall–Kier alpha value is -1.84. The zero-order valence-electron chi connectivity index (χ0n) is 10.5. The summed E-state index contributed by atoms with van der Waals surface area (Å²) < 4.78 is 1.94. The maximum absolute atomic E-state index is 12.1. The van der Waals surface area contributed by atoms with Gasteiger partial charge in [-0.2, -0.15) is 0 Å². The van der Waals surface area contributed by atoms with Crippen molar-refractivity contribution in [1.82, 2.24) is 14.3 Å². The highest BCUT2D eigenvalue weighted by Crippen LogP contribution is 2.10. The number of hydrogen-bond donors (Lipinski definition) is 0. The minimum atomic E-state index is -0.00176. The third-order valence-corrected chi connectivity index (χ3v) is 2.97. The first kappa shape index (κ1) is 11.6. The SMILES string of the molecule is CCN(CC)C(=O)c1cn2c(C)cccc2n1. The van der Waals surface area contributed by atoms with Crippen LogP contribution in [0.1, 0.15) is 30.0 Å². The lowest BCUT2D eigenvalue weighted by molar-refractivity contribution is 0.0768. The lowest BCUT2D eigenvalue weighted by Crippen LogP contribution is -2.30. The molecular formula is C13H17N3O. The van der Waals surface area contributed by atoms with Crippen LogP contribution in [0.15, 0.2) is 24.4 Å². The van der Waals surface area contributed by atoms with Crippen LogP contribution in [0.4, 0.5) is 0 Å². The van der Waals surface area contributed by atoms with Crippen LogP contribution in [0, 0.1) is 6.92 Å². The quantitative estimate of drug-likeness (QED) is 0.811. The van der Waals surface area contributed by atoms with Gasteiger partial charge in [0.2, 0.25) is 0 Å². The van der Waals surface area contributed by atoms with Gasteiger partial charge < -0.3 is 9.30 Å². The molecule has 2 rings (SSSR count). The molecule has 0 unspecified atom stereocenters. The first-order valence-corrected chi connectivity index (χ1v) is 5.91. The van der Waals surface area contributed by atoms with E-state index in [-0.39, 0.29) is 5.91 Å². The van der Waals surface area contributed by atoms with Crippen molar-refractivity contribution in [2.45, 2.75) is 20.8 Å². The highest BCUT2D eigenvalue weighted by Gasteiger charge is 2.16. The molecule has 4 nitrogen and oxygen atoms in total. The van der Waals surface area contributed by atoms with Crippen molar-refractivity contribution >= 4 is 11.6 Å². The number of pyridine rings is 1. The molecule has 4 heteroatoms. The molecule has 0 fully saturated rings. The van der Waals surface area contributed by atoms with Crippen LogP contribution in [0.3, 0.4) is 0 Å². The molecule has 0 N–H and O–H groups in total. The zero-order valence-corrected chi connectivity index (χ0v) is 10.5. The smallest absolute Gasteiger partial charge is 0.274 e. The van der Waals surface area contributed by atoms with Crippen LogP contribution < -0.4 is 0 Å². The molecule has 0 bridgehead atoms. The Balaban J connectivity index is 2.43.